The highest BCUT2D eigenvalue weighted by molar-refractivity contribution is 5.95. The van der Waals surface area contributed by atoms with Crippen molar-refractivity contribution in [2.24, 2.45) is 5.73 Å². The molecule has 3 rings (SSSR count). The van der Waals surface area contributed by atoms with E-state index in [-0.39, 0.29) is 6.04 Å². The number of hydrogen-bond acceptors (Lipinski definition) is 3. The van der Waals surface area contributed by atoms with Crippen LogP contribution in [0.25, 0.3) is 0 Å². The van der Waals surface area contributed by atoms with Crippen LogP contribution in [0, 0.1) is 0 Å². The van der Waals surface area contributed by atoms with Gasteiger partial charge >= 0.3 is 6.03 Å². The molecule has 0 aliphatic carbocycles. The van der Waals surface area contributed by atoms with E-state index in [0.29, 0.717) is 5.82 Å². The van der Waals surface area contributed by atoms with Gasteiger partial charge in [0.1, 0.15) is 0 Å². The molecular formula is C11H14N4O. The number of rotatable bonds is 0. The second-order valence-corrected chi connectivity index (χ2v) is 4.30. The third kappa shape index (κ3) is 1.24. The predicted octanol–water partition coefficient (Wildman–Crippen LogP) is 0.949. The fourth-order valence-electron chi connectivity index (χ4n) is 2.66. The van der Waals surface area contributed by atoms with Gasteiger partial charge in [-0.05, 0) is 25.0 Å². The van der Waals surface area contributed by atoms with Crippen LogP contribution in [0.2, 0.25) is 0 Å². The van der Waals surface area contributed by atoms with Crippen LogP contribution < -0.4 is 15.5 Å². The van der Waals surface area contributed by atoms with Crippen molar-refractivity contribution in [2.45, 2.75) is 18.9 Å². The lowest BCUT2D eigenvalue weighted by Gasteiger charge is -2.45. The minimum Gasteiger partial charge on any atom is -0.366 e. The molecule has 0 aromatic carbocycles. The van der Waals surface area contributed by atoms with Crippen molar-refractivity contribution in [3.63, 3.8) is 0 Å². The smallest absolute Gasteiger partial charge is 0.320 e. The molecule has 2 aliphatic rings. The average molecular weight is 218 g/mol. The topological polar surface area (TPSA) is 62.5 Å². The number of piperidine rings is 1. The van der Waals surface area contributed by atoms with Crippen molar-refractivity contribution in [3.8, 4) is 0 Å². The number of carbonyl (C=O) groups is 1. The van der Waals surface area contributed by atoms with Crippen molar-refractivity contribution in [2.75, 3.05) is 22.9 Å². The number of urea groups is 1. The van der Waals surface area contributed by atoms with Gasteiger partial charge in [0.05, 0.1) is 11.7 Å². The molecule has 1 aromatic rings. The zero-order chi connectivity index (χ0) is 11.1. The summed E-state index contributed by atoms with van der Waals surface area (Å²) in [5.41, 5.74) is 6.47. The molecule has 1 fully saturated rings. The highest BCUT2D eigenvalue weighted by Gasteiger charge is 2.36. The number of nitrogens with zero attached hydrogens (tertiary/aromatic N) is 3. The van der Waals surface area contributed by atoms with Gasteiger partial charge in [-0.2, -0.15) is 0 Å². The summed E-state index contributed by atoms with van der Waals surface area (Å²) in [5, 5.41) is 0. The summed E-state index contributed by atoms with van der Waals surface area (Å²) in [4.78, 5) is 19.7. The molecule has 0 spiro atoms. The number of carbonyl (C=O) groups excluding carboxylic acids is 1. The number of pyridine rings is 1. The first-order chi connectivity index (χ1) is 7.77. The number of aromatic nitrogens is 1. The van der Waals surface area contributed by atoms with Gasteiger partial charge in [0.25, 0.3) is 0 Å². The predicted molar refractivity (Wildman–Crippen MR) is 61.5 cm³/mol. The highest BCUT2D eigenvalue weighted by atomic mass is 16.2. The molecule has 16 heavy (non-hydrogen) atoms. The molecule has 0 radical (unpaired) electrons. The maximum Gasteiger partial charge on any atom is 0.320 e. The Morgan fingerprint density at radius 2 is 2.44 bits per heavy atom. The molecule has 84 valence electrons. The van der Waals surface area contributed by atoms with Crippen LogP contribution in [0.3, 0.4) is 0 Å². The summed E-state index contributed by atoms with van der Waals surface area (Å²) >= 11 is 0. The molecule has 1 unspecified atom stereocenters. The molecule has 1 atom stereocenters. The van der Waals surface area contributed by atoms with Crippen molar-refractivity contribution < 1.29 is 4.79 Å². The molecule has 0 saturated carbocycles. The van der Waals surface area contributed by atoms with Crippen molar-refractivity contribution >= 4 is 17.5 Å². The van der Waals surface area contributed by atoms with Gasteiger partial charge in [0, 0.05) is 19.3 Å². The number of primary amides is 1. The molecule has 1 aromatic heterocycles. The van der Waals surface area contributed by atoms with Crippen molar-refractivity contribution in [1.29, 1.82) is 0 Å². The van der Waals surface area contributed by atoms with Gasteiger partial charge in [-0.3, -0.25) is 4.90 Å². The summed E-state index contributed by atoms with van der Waals surface area (Å²) in [6, 6.07) is 3.69. The molecule has 1 saturated heterocycles. The number of nitrogens with two attached hydrogens (primary N) is 1. The first-order valence-electron chi connectivity index (χ1n) is 5.56. The third-order valence-electron chi connectivity index (χ3n) is 3.33. The Balaban J connectivity index is 2.12. The van der Waals surface area contributed by atoms with E-state index in [1.807, 2.05) is 12.1 Å². The summed E-state index contributed by atoms with van der Waals surface area (Å²) in [5.74, 6) is 0.714. The van der Waals surface area contributed by atoms with Gasteiger partial charge in [-0.25, -0.2) is 9.78 Å². The summed E-state index contributed by atoms with van der Waals surface area (Å²) in [7, 11) is 0. The molecule has 2 bridgehead atoms. The monoisotopic (exact) mass is 218 g/mol. The SMILES string of the molecule is NC(=O)N1c2ncccc2N2CCCC1C2. The Bertz CT molecular complexity index is 434. The second-order valence-electron chi connectivity index (χ2n) is 4.30. The lowest BCUT2D eigenvalue weighted by atomic mass is 10.00. The van der Waals surface area contributed by atoms with E-state index in [2.05, 4.69) is 9.88 Å². The van der Waals surface area contributed by atoms with Crippen LogP contribution in [-0.4, -0.2) is 30.1 Å². The number of hydrogen-bond donors (Lipinski definition) is 1. The van der Waals surface area contributed by atoms with E-state index in [9.17, 15) is 4.79 Å². The average Bonchev–Trinajstić information content (AvgIpc) is 2.29. The summed E-state index contributed by atoms with van der Waals surface area (Å²) in [6.07, 6.45) is 3.81. The van der Waals surface area contributed by atoms with Gasteiger partial charge in [-0.15, -0.1) is 0 Å². The number of amides is 2. The standard InChI is InChI=1S/C11H14N4O/c12-11(16)15-8-3-2-6-14(7-8)9-4-1-5-13-10(9)15/h1,4-5,8H,2-3,6-7H2,(H2,12,16). The fraction of sp³-hybridized carbons (Fsp3) is 0.455. The van der Waals surface area contributed by atoms with Gasteiger partial charge in [0.2, 0.25) is 0 Å². The molecule has 5 nitrogen and oxygen atoms in total. The summed E-state index contributed by atoms with van der Waals surface area (Å²) < 4.78 is 0. The number of fused-ring (bicyclic) bond motifs is 4. The van der Waals surface area contributed by atoms with Crippen molar-refractivity contribution in [1.82, 2.24) is 4.98 Å². The van der Waals surface area contributed by atoms with Crippen LogP contribution in [0.1, 0.15) is 12.8 Å². The van der Waals surface area contributed by atoms with E-state index in [0.717, 1.165) is 31.6 Å². The highest BCUT2D eigenvalue weighted by Crippen LogP contribution is 2.36. The maximum atomic E-state index is 11.5. The molecule has 3 heterocycles. The van der Waals surface area contributed by atoms with E-state index >= 15 is 0 Å². The van der Waals surface area contributed by atoms with Crippen LogP contribution in [0.15, 0.2) is 18.3 Å². The minimum absolute atomic E-state index is 0.189. The van der Waals surface area contributed by atoms with Gasteiger partial charge in [-0.1, -0.05) is 0 Å². The molecular weight excluding hydrogens is 204 g/mol. The fourth-order valence-corrected chi connectivity index (χ4v) is 2.66. The Labute approximate surface area is 93.9 Å². The number of anilines is 2. The zero-order valence-corrected chi connectivity index (χ0v) is 8.97. The molecule has 2 amide bonds. The minimum atomic E-state index is -0.397. The third-order valence-corrected chi connectivity index (χ3v) is 3.33. The normalized spacial score (nSPS) is 22.9. The van der Waals surface area contributed by atoms with Crippen LogP contribution in [-0.2, 0) is 0 Å². The Morgan fingerprint density at radius 3 is 3.25 bits per heavy atom. The van der Waals surface area contributed by atoms with Gasteiger partial charge in [0.15, 0.2) is 5.82 Å². The Hall–Kier alpha value is -1.78. The lowest BCUT2D eigenvalue weighted by molar-refractivity contribution is 0.249. The second kappa shape index (κ2) is 3.37. The van der Waals surface area contributed by atoms with Crippen LogP contribution in [0.5, 0.6) is 0 Å². The largest absolute Gasteiger partial charge is 0.366 e. The molecule has 2 N–H and O–H groups in total. The van der Waals surface area contributed by atoms with Crippen LogP contribution in [0.4, 0.5) is 16.3 Å². The quantitative estimate of drug-likeness (QED) is 0.705. The van der Waals surface area contributed by atoms with E-state index in [1.165, 1.54) is 0 Å². The van der Waals surface area contributed by atoms with E-state index < -0.39 is 6.03 Å². The molecule has 2 aliphatic heterocycles. The van der Waals surface area contributed by atoms with E-state index in [1.54, 1.807) is 11.1 Å². The zero-order valence-electron chi connectivity index (χ0n) is 8.97. The first kappa shape index (κ1) is 9.45. The molecule has 5 heteroatoms. The lowest BCUT2D eigenvalue weighted by Crippen LogP contribution is -2.56. The van der Waals surface area contributed by atoms with E-state index in [4.69, 9.17) is 5.73 Å². The van der Waals surface area contributed by atoms with Crippen molar-refractivity contribution in [3.05, 3.63) is 18.3 Å². The van der Waals surface area contributed by atoms with Crippen LogP contribution >= 0.6 is 0 Å². The van der Waals surface area contributed by atoms with Gasteiger partial charge < -0.3 is 10.6 Å². The summed E-state index contributed by atoms with van der Waals surface area (Å²) in [6.45, 7) is 1.92. The maximum absolute atomic E-state index is 11.5. The Morgan fingerprint density at radius 1 is 1.56 bits per heavy atom. The Kier molecular flexibility index (Phi) is 1.99. The first-order valence-corrected chi connectivity index (χ1v) is 5.56.